The van der Waals surface area contributed by atoms with Gasteiger partial charge in [0, 0.05) is 19.0 Å². The molecule has 5 heteroatoms. The lowest BCUT2D eigenvalue weighted by molar-refractivity contribution is -0.149. The molecule has 2 N–H and O–H groups in total. The fourth-order valence-electron chi connectivity index (χ4n) is 2.83. The summed E-state index contributed by atoms with van der Waals surface area (Å²) in [6, 6.07) is 0. The van der Waals surface area contributed by atoms with Crippen LogP contribution in [0.1, 0.15) is 26.7 Å². The molecule has 2 fully saturated rings. The maximum absolute atomic E-state index is 12.3. The highest BCUT2D eigenvalue weighted by Crippen LogP contribution is 2.35. The van der Waals surface area contributed by atoms with Crippen LogP contribution in [-0.2, 0) is 9.59 Å². The number of likely N-dealkylation sites (tertiary alicyclic amines) is 1. The van der Waals surface area contributed by atoms with E-state index in [-0.39, 0.29) is 11.8 Å². The van der Waals surface area contributed by atoms with Crippen LogP contribution in [0, 0.1) is 17.3 Å². The molecule has 0 aromatic heterocycles. The van der Waals surface area contributed by atoms with Gasteiger partial charge < -0.3 is 15.3 Å². The molecule has 1 amide bonds. The molecule has 0 aliphatic carbocycles. The highest BCUT2D eigenvalue weighted by molar-refractivity contribution is 5.82. The van der Waals surface area contributed by atoms with Crippen LogP contribution in [0.2, 0.25) is 0 Å². The summed E-state index contributed by atoms with van der Waals surface area (Å²) >= 11 is 0. The molecule has 102 valence electrons. The van der Waals surface area contributed by atoms with Crippen molar-refractivity contribution in [3.05, 3.63) is 0 Å². The summed E-state index contributed by atoms with van der Waals surface area (Å²) in [5.74, 6) is -0.219. The first-order valence-corrected chi connectivity index (χ1v) is 6.73. The highest BCUT2D eigenvalue weighted by Gasteiger charge is 2.46. The third kappa shape index (κ3) is 2.11. The average molecular weight is 254 g/mol. The average Bonchev–Trinajstić information content (AvgIpc) is 2.71. The topological polar surface area (TPSA) is 69.6 Å². The van der Waals surface area contributed by atoms with E-state index in [1.165, 1.54) is 0 Å². The Morgan fingerprint density at radius 3 is 2.56 bits per heavy atom. The van der Waals surface area contributed by atoms with Gasteiger partial charge in [-0.2, -0.15) is 0 Å². The molecule has 2 aliphatic heterocycles. The Balaban J connectivity index is 1.99. The van der Waals surface area contributed by atoms with Gasteiger partial charge in [-0.05, 0) is 31.8 Å². The highest BCUT2D eigenvalue weighted by atomic mass is 16.4. The Labute approximate surface area is 108 Å². The van der Waals surface area contributed by atoms with E-state index >= 15 is 0 Å². The van der Waals surface area contributed by atoms with Gasteiger partial charge in [-0.1, -0.05) is 13.8 Å². The molecule has 2 rings (SSSR count). The van der Waals surface area contributed by atoms with Crippen LogP contribution in [0.5, 0.6) is 0 Å². The Morgan fingerprint density at radius 1 is 1.50 bits per heavy atom. The molecule has 2 saturated heterocycles. The van der Waals surface area contributed by atoms with Crippen molar-refractivity contribution in [1.29, 1.82) is 0 Å². The molecule has 0 spiro atoms. The van der Waals surface area contributed by atoms with E-state index in [1.807, 2.05) is 13.8 Å². The van der Waals surface area contributed by atoms with Gasteiger partial charge in [-0.15, -0.1) is 0 Å². The molecule has 2 aliphatic rings. The second-order valence-electron chi connectivity index (χ2n) is 5.66. The monoisotopic (exact) mass is 254 g/mol. The van der Waals surface area contributed by atoms with Crippen molar-refractivity contribution in [3.8, 4) is 0 Å². The number of hydrogen-bond donors (Lipinski definition) is 2. The minimum absolute atomic E-state index is 0.00713. The molecule has 18 heavy (non-hydrogen) atoms. The number of nitrogens with one attached hydrogen (secondary N) is 1. The molecule has 0 aromatic carbocycles. The standard InChI is InChI=1S/C13H22N2O3/c1-3-13(12(17)18)4-5-15(8-13)11(16)9(2)10-6-14-7-10/h9-10,14H,3-8H2,1-2H3,(H,17,18). The maximum Gasteiger partial charge on any atom is 0.311 e. The van der Waals surface area contributed by atoms with Crippen LogP contribution in [0.15, 0.2) is 0 Å². The van der Waals surface area contributed by atoms with Crippen LogP contribution >= 0.6 is 0 Å². The summed E-state index contributed by atoms with van der Waals surface area (Å²) in [6.45, 7) is 6.62. The number of nitrogens with zero attached hydrogens (tertiary/aromatic N) is 1. The predicted octanol–water partition coefficient (Wildman–Crippen LogP) is 0.555. The molecule has 2 unspecified atom stereocenters. The van der Waals surface area contributed by atoms with Crippen molar-refractivity contribution in [3.63, 3.8) is 0 Å². The van der Waals surface area contributed by atoms with Gasteiger partial charge in [0.15, 0.2) is 0 Å². The Morgan fingerprint density at radius 2 is 2.17 bits per heavy atom. The van der Waals surface area contributed by atoms with Crippen molar-refractivity contribution in [2.24, 2.45) is 17.3 Å². The SMILES string of the molecule is CCC1(C(=O)O)CCN(C(=O)C(C)C2CNC2)C1. The van der Waals surface area contributed by atoms with E-state index in [1.54, 1.807) is 4.90 Å². The molecule has 5 nitrogen and oxygen atoms in total. The fraction of sp³-hybridized carbons (Fsp3) is 0.846. The Bertz CT molecular complexity index is 354. The molecule has 2 heterocycles. The Kier molecular flexibility index (Phi) is 3.61. The molecular formula is C13H22N2O3. The van der Waals surface area contributed by atoms with E-state index in [9.17, 15) is 14.7 Å². The third-order valence-corrected chi connectivity index (χ3v) is 4.71. The number of hydrogen-bond acceptors (Lipinski definition) is 3. The molecule has 0 saturated carbocycles. The number of carboxylic acid groups (broad SMARTS) is 1. The minimum atomic E-state index is -0.765. The first-order valence-electron chi connectivity index (χ1n) is 6.73. The van der Waals surface area contributed by atoms with Crippen LogP contribution < -0.4 is 5.32 Å². The van der Waals surface area contributed by atoms with Gasteiger partial charge in [0.2, 0.25) is 5.91 Å². The summed E-state index contributed by atoms with van der Waals surface area (Å²) in [5.41, 5.74) is -0.715. The largest absolute Gasteiger partial charge is 0.481 e. The first kappa shape index (κ1) is 13.3. The van der Waals surface area contributed by atoms with Crippen molar-refractivity contribution < 1.29 is 14.7 Å². The van der Waals surface area contributed by atoms with Gasteiger partial charge in [-0.25, -0.2) is 0 Å². The molecule has 2 atom stereocenters. The van der Waals surface area contributed by atoms with Crippen molar-refractivity contribution in [2.45, 2.75) is 26.7 Å². The van der Waals surface area contributed by atoms with Crippen molar-refractivity contribution >= 4 is 11.9 Å². The molecule has 0 bridgehead atoms. The number of carbonyl (C=O) groups excluding carboxylic acids is 1. The second-order valence-corrected chi connectivity index (χ2v) is 5.66. The summed E-state index contributed by atoms with van der Waals surface area (Å²) < 4.78 is 0. The molecular weight excluding hydrogens is 232 g/mol. The molecule has 0 radical (unpaired) electrons. The van der Waals surface area contributed by atoms with Crippen LogP contribution in [0.4, 0.5) is 0 Å². The minimum Gasteiger partial charge on any atom is -0.481 e. The second kappa shape index (κ2) is 4.88. The number of aliphatic carboxylic acids is 1. The van der Waals surface area contributed by atoms with Crippen LogP contribution in [-0.4, -0.2) is 48.1 Å². The molecule has 0 aromatic rings. The van der Waals surface area contributed by atoms with Gasteiger partial charge >= 0.3 is 5.97 Å². The lowest BCUT2D eigenvalue weighted by Gasteiger charge is -2.34. The van der Waals surface area contributed by atoms with Gasteiger partial charge in [0.05, 0.1) is 5.41 Å². The lowest BCUT2D eigenvalue weighted by Crippen LogP contribution is -2.50. The third-order valence-electron chi connectivity index (χ3n) is 4.71. The van der Waals surface area contributed by atoms with Gasteiger partial charge in [0.25, 0.3) is 0 Å². The summed E-state index contributed by atoms with van der Waals surface area (Å²) in [7, 11) is 0. The quantitative estimate of drug-likeness (QED) is 0.769. The van der Waals surface area contributed by atoms with Crippen molar-refractivity contribution in [1.82, 2.24) is 10.2 Å². The predicted molar refractivity (Wildman–Crippen MR) is 67.1 cm³/mol. The maximum atomic E-state index is 12.3. The summed E-state index contributed by atoms with van der Waals surface area (Å²) in [6.07, 6.45) is 1.17. The zero-order valence-corrected chi connectivity index (χ0v) is 11.1. The van der Waals surface area contributed by atoms with Crippen LogP contribution in [0.3, 0.4) is 0 Å². The van der Waals surface area contributed by atoms with E-state index in [2.05, 4.69) is 5.32 Å². The van der Waals surface area contributed by atoms with Gasteiger partial charge in [-0.3, -0.25) is 9.59 Å². The van der Waals surface area contributed by atoms with E-state index in [4.69, 9.17) is 0 Å². The Hall–Kier alpha value is -1.10. The number of carboxylic acids is 1. The summed E-state index contributed by atoms with van der Waals surface area (Å²) in [5, 5.41) is 12.5. The number of rotatable bonds is 4. The summed E-state index contributed by atoms with van der Waals surface area (Å²) in [4.78, 5) is 25.4. The van der Waals surface area contributed by atoms with E-state index < -0.39 is 11.4 Å². The first-order chi connectivity index (χ1) is 8.50. The van der Waals surface area contributed by atoms with Gasteiger partial charge in [0.1, 0.15) is 0 Å². The van der Waals surface area contributed by atoms with Crippen LogP contribution in [0.25, 0.3) is 0 Å². The fourth-order valence-corrected chi connectivity index (χ4v) is 2.83. The van der Waals surface area contributed by atoms with E-state index in [0.29, 0.717) is 31.8 Å². The smallest absolute Gasteiger partial charge is 0.311 e. The van der Waals surface area contributed by atoms with Crippen molar-refractivity contribution in [2.75, 3.05) is 26.2 Å². The zero-order valence-electron chi connectivity index (χ0n) is 11.1. The number of amides is 1. The lowest BCUT2D eigenvalue weighted by atomic mass is 9.84. The normalized spacial score (nSPS) is 30.0. The number of carbonyl (C=O) groups is 2. The zero-order chi connectivity index (χ0) is 13.3. The van der Waals surface area contributed by atoms with E-state index in [0.717, 1.165) is 13.1 Å².